The molecule has 15 heavy (non-hydrogen) atoms. The average molecular weight is 207 g/mol. The molecule has 0 saturated carbocycles. The van der Waals surface area contributed by atoms with E-state index in [1.807, 2.05) is 7.05 Å². The Kier molecular flexibility index (Phi) is 3.89. The fourth-order valence-electron chi connectivity index (χ4n) is 1.79. The molecule has 1 N–H and O–H groups in total. The van der Waals surface area contributed by atoms with E-state index in [-0.39, 0.29) is 11.6 Å². The Balaban J connectivity index is 2.97. The number of benzene rings is 1. The lowest BCUT2D eigenvalue weighted by Crippen LogP contribution is -2.39. The molecule has 1 rings (SSSR count). The number of likely N-dealkylation sites (N-methyl/N-ethyl adjacent to an activating group) is 1. The van der Waals surface area contributed by atoms with Gasteiger partial charge in [-0.1, -0.05) is 29.8 Å². The monoisotopic (exact) mass is 207 g/mol. The van der Waals surface area contributed by atoms with Gasteiger partial charge in [0.25, 0.3) is 0 Å². The van der Waals surface area contributed by atoms with E-state index >= 15 is 0 Å². The minimum Gasteiger partial charge on any atom is -0.377 e. The van der Waals surface area contributed by atoms with Gasteiger partial charge in [0.05, 0.1) is 11.6 Å². The molecule has 0 aromatic heterocycles. The Morgan fingerprint density at radius 3 is 2.13 bits per heavy atom. The first-order chi connectivity index (χ1) is 7.01. The van der Waals surface area contributed by atoms with Crippen molar-refractivity contribution < 1.29 is 4.74 Å². The second kappa shape index (κ2) is 4.77. The quantitative estimate of drug-likeness (QED) is 0.819. The standard InChI is InChI=1S/C13H21NO/c1-10-6-8-11(9-7-10)12(14-4)13(2,3)15-5/h6-9,12,14H,1-5H3. The molecule has 0 aliphatic heterocycles. The largest absolute Gasteiger partial charge is 0.377 e. The molecule has 0 fully saturated rings. The topological polar surface area (TPSA) is 21.3 Å². The molecule has 2 nitrogen and oxygen atoms in total. The normalized spacial score (nSPS) is 13.9. The lowest BCUT2D eigenvalue weighted by molar-refractivity contribution is -0.00899. The van der Waals surface area contributed by atoms with Gasteiger partial charge in [-0.05, 0) is 33.4 Å². The highest BCUT2D eigenvalue weighted by atomic mass is 16.5. The molecule has 1 atom stereocenters. The Morgan fingerprint density at radius 1 is 1.20 bits per heavy atom. The first-order valence-electron chi connectivity index (χ1n) is 5.30. The molecule has 2 heteroatoms. The molecule has 0 aliphatic rings. The molecular formula is C13H21NO. The van der Waals surface area contributed by atoms with E-state index in [1.54, 1.807) is 7.11 Å². The van der Waals surface area contributed by atoms with Gasteiger partial charge in [-0.15, -0.1) is 0 Å². The maximum atomic E-state index is 5.51. The molecule has 1 aromatic rings. The van der Waals surface area contributed by atoms with E-state index in [0.717, 1.165) is 0 Å². The molecule has 1 aromatic carbocycles. The first kappa shape index (κ1) is 12.2. The fourth-order valence-corrected chi connectivity index (χ4v) is 1.79. The molecule has 0 saturated heterocycles. The van der Waals surface area contributed by atoms with Crippen LogP contribution in [0.3, 0.4) is 0 Å². The van der Waals surface area contributed by atoms with Crippen LogP contribution < -0.4 is 5.32 Å². The highest BCUT2D eigenvalue weighted by Gasteiger charge is 2.29. The van der Waals surface area contributed by atoms with Crippen molar-refractivity contribution in [3.8, 4) is 0 Å². The average Bonchev–Trinajstić information content (AvgIpc) is 2.22. The number of aryl methyl sites for hydroxylation is 1. The second-order valence-corrected chi connectivity index (χ2v) is 4.44. The van der Waals surface area contributed by atoms with Crippen LogP contribution in [-0.4, -0.2) is 19.8 Å². The SMILES string of the molecule is CNC(c1ccc(C)cc1)C(C)(C)OC. The van der Waals surface area contributed by atoms with Gasteiger partial charge >= 0.3 is 0 Å². The van der Waals surface area contributed by atoms with Crippen LogP contribution in [0.1, 0.15) is 31.0 Å². The number of hydrogen-bond donors (Lipinski definition) is 1. The number of methoxy groups -OCH3 is 1. The predicted octanol–water partition coefficient (Wildman–Crippen LogP) is 2.68. The molecule has 0 heterocycles. The van der Waals surface area contributed by atoms with Crippen LogP contribution >= 0.6 is 0 Å². The summed E-state index contributed by atoms with van der Waals surface area (Å²) in [5, 5.41) is 3.30. The minimum atomic E-state index is -0.204. The van der Waals surface area contributed by atoms with Crippen molar-refractivity contribution in [3.63, 3.8) is 0 Å². The van der Waals surface area contributed by atoms with Gasteiger partial charge in [-0.3, -0.25) is 0 Å². The van der Waals surface area contributed by atoms with Gasteiger partial charge in [0.1, 0.15) is 0 Å². The molecular weight excluding hydrogens is 186 g/mol. The zero-order valence-corrected chi connectivity index (χ0v) is 10.3. The maximum Gasteiger partial charge on any atom is 0.0816 e. The van der Waals surface area contributed by atoms with Gasteiger partial charge in [0.15, 0.2) is 0 Å². The molecule has 0 bridgehead atoms. The summed E-state index contributed by atoms with van der Waals surface area (Å²) in [7, 11) is 3.71. The van der Waals surface area contributed by atoms with Crippen LogP contribution in [0, 0.1) is 6.92 Å². The van der Waals surface area contributed by atoms with E-state index in [4.69, 9.17) is 4.74 Å². The number of hydrogen-bond acceptors (Lipinski definition) is 2. The van der Waals surface area contributed by atoms with Gasteiger partial charge in [-0.25, -0.2) is 0 Å². The van der Waals surface area contributed by atoms with Crippen molar-refractivity contribution in [2.75, 3.05) is 14.2 Å². The second-order valence-electron chi connectivity index (χ2n) is 4.44. The summed E-state index contributed by atoms with van der Waals surface area (Å²) in [6.07, 6.45) is 0. The van der Waals surface area contributed by atoms with E-state index in [1.165, 1.54) is 11.1 Å². The molecule has 0 amide bonds. The highest BCUT2D eigenvalue weighted by molar-refractivity contribution is 5.26. The Bertz CT molecular complexity index is 303. The van der Waals surface area contributed by atoms with Crippen molar-refractivity contribution in [2.45, 2.75) is 32.4 Å². The highest BCUT2D eigenvalue weighted by Crippen LogP contribution is 2.27. The van der Waals surface area contributed by atoms with E-state index in [0.29, 0.717) is 0 Å². The van der Waals surface area contributed by atoms with Crippen LogP contribution in [0.4, 0.5) is 0 Å². The van der Waals surface area contributed by atoms with Crippen LogP contribution in [-0.2, 0) is 4.74 Å². The number of nitrogens with one attached hydrogen (secondary N) is 1. The summed E-state index contributed by atoms with van der Waals surface area (Å²) in [5.41, 5.74) is 2.34. The Morgan fingerprint density at radius 2 is 1.73 bits per heavy atom. The lowest BCUT2D eigenvalue weighted by atomic mass is 9.91. The third kappa shape index (κ3) is 2.80. The van der Waals surface area contributed by atoms with Crippen LogP contribution in [0.5, 0.6) is 0 Å². The summed E-state index contributed by atoms with van der Waals surface area (Å²) in [6.45, 7) is 6.28. The lowest BCUT2D eigenvalue weighted by Gasteiger charge is -2.33. The van der Waals surface area contributed by atoms with Crippen molar-refractivity contribution >= 4 is 0 Å². The molecule has 0 aliphatic carbocycles. The van der Waals surface area contributed by atoms with Crippen LogP contribution in [0.2, 0.25) is 0 Å². The summed E-state index contributed by atoms with van der Waals surface area (Å²) < 4.78 is 5.51. The first-order valence-corrected chi connectivity index (χ1v) is 5.30. The van der Waals surface area contributed by atoms with Crippen molar-refractivity contribution in [1.29, 1.82) is 0 Å². The van der Waals surface area contributed by atoms with Crippen molar-refractivity contribution in [2.24, 2.45) is 0 Å². The Hall–Kier alpha value is -0.860. The summed E-state index contributed by atoms with van der Waals surface area (Å²) >= 11 is 0. The molecule has 0 radical (unpaired) electrons. The van der Waals surface area contributed by atoms with Gasteiger partial charge in [0, 0.05) is 7.11 Å². The van der Waals surface area contributed by atoms with E-state index in [9.17, 15) is 0 Å². The maximum absolute atomic E-state index is 5.51. The smallest absolute Gasteiger partial charge is 0.0816 e. The van der Waals surface area contributed by atoms with Crippen LogP contribution in [0.25, 0.3) is 0 Å². The van der Waals surface area contributed by atoms with Gasteiger partial charge in [0.2, 0.25) is 0 Å². The molecule has 0 spiro atoms. The van der Waals surface area contributed by atoms with Crippen molar-refractivity contribution in [3.05, 3.63) is 35.4 Å². The number of ether oxygens (including phenoxy) is 1. The summed E-state index contributed by atoms with van der Waals surface area (Å²) in [6, 6.07) is 8.77. The fraction of sp³-hybridized carbons (Fsp3) is 0.538. The third-order valence-electron chi connectivity index (χ3n) is 2.92. The Labute approximate surface area is 92.6 Å². The van der Waals surface area contributed by atoms with Crippen molar-refractivity contribution in [1.82, 2.24) is 5.32 Å². The zero-order valence-electron chi connectivity index (χ0n) is 10.3. The van der Waals surface area contributed by atoms with E-state index < -0.39 is 0 Å². The van der Waals surface area contributed by atoms with Gasteiger partial charge in [-0.2, -0.15) is 0 Å². The number of rotatable bonds is 4. The summed E-state index contributed by atoms with van der Waals surface area (Å²) in [4.78, 5) is 0. The summed E-state index contributed by atoms with van der Waals surface area (Å²) in [5.74, 6) is 0. The van der Waals surface area contributed by atoms with E-state index in [2.05, 4.69) is 50.4 Å². The third-order valence-corrected chi connectivity index (χ3v) is 2.92. The van der Waals surface area contributed by atoms with Gasteiger partial charge < -0.3 is 10.1 Å². The predicted molar refractivity (Wildman–Crippen MR) is 64.1 cm³/mol. The minimum absolute atomic E-state index is 0.204. The van der Waals surface area contributed by atoms with Crippen LogP contribution in [0.15, 0.2) is 24.3 Å². The molecule has 1 unspecified atom stereocenters. The zero-order chi connectivity index (χ0) is 11.5. The molecule has 84 valence electrons.